The molecule has 0 aromatic heterocycles. The normalized spacial score (nSPS) is 19.2. The number of hydrogen-bond donors (Lipinski definition) is 0. The second kappa shape index (κ2) is 6.04. The molecule has 0 spiro atoms. The number of benzene rings is 1. The van der Waals surface area contributed by atoms with Gasteiger partial charge in [0, 0.05) is 23.2 Å². The fraction of sp³-hybridized carbons (Fsp3) is 0.533. The Hall–Kier alpha value is -1.23. The molecule has 1 aliphatic heterocycles. The van der Waals surface area contributed by atoms with Crippen LogP contribution in [0.15, 0.2) is 29.2 Å². The van der Waals surface area contributed by atoms with E-state index >= 15 is 0 Å². The van der Waals surface area contributed by atoms with Crippen molar-refractivity contribution in [1.29, 1.82) is 0 Å². The van der Waals surface area contributed by atoms with Gasteiger partial charge in [-0.3, -0.25) is 0 Å². The molecule has 0 bridgehead atoms. The summed E-state index contributed by atoms with van der Waals surface area (Å²) in [6.45, 7) is 6.99. The molecule has 0 N–H and O–H groups in total. The Morgan fingerprint density at radius 2 is 2.00 bits per heavy atom. The van der Waals surface area contributed by atoms with Crippen molar-refractivity contribution in [2.45, 2.75) is 42.9 Å². The zero-order valence-corrected chi connectivity index (χ0v) is 12.9. The van der Waals surface area contributed by atoms with Crippen LogP contribution in [-0.2, 0) is 4.74 Å². The quantitative estimate of drug-likeness (QED) is 0.828. The highest BCUT2D eigenvalue weighted by Crippen LogP contribution is 2.30. The summed E-state index contributed by atoms with van der Waals surface area (Å²) in [5, 5.41) is 0.341. The molecule has 1 unspecified atom stereocenters. The van der Waals surface area contributed by atoms with Crippen LogP contribution in [0.3, 0.4) is 0 Å². The number of likely N-dealkylation sites (tertiary alicyclic amines) is 1. The van der Waals surface area contributed by atoms with E-state index in [9.17, 15) is 9.18 Å². The summed E-state index contributed by atoms with van der Waals surface area (Å²) in [6, 6.07) is 6.47. The Kier molecular flexibility index (Phi) is 4.58. The molecule has 1 aromatic carbocycles. The maximum absolute atomic E-state index is 12.8. The van der Waals surface area contributed by atoms with Crippen LogP contribution in [-0.4, -0.2) is 34.9 Å². The maximum atomic E-state index is 12.8. The molecular weight excluding hydrogens is 277 g/mol. The van der Waals surface area contributed by atoms with Gasteiger partial charge in [-0.25, -0.2) is 9.18 Å². The molecule has 20 heavy (non-hydrogen) atoms. The van der Waals surface area contributed by atoms with Crippen LogP contribution in [0.25, 0.3) is 0 Å². The van der Waals surface area contributed by atoms with Crippen molar-refractivity contribution in [2.24, 2.45) is 0 Å². The first-order valence-corrected chi connectivity index (χ1v) is 7.61. The van der Waals surface area contributed by atoms with Crippen molar-refractivity contribution in [3.8, 4) is 0 Å². The van der Waals surface area contributed by atoms with E-state index in [1.54, 1.807) is 28.8 Å². The zero-order chi connectivity index (χ0) is 14.8. The maximum Gasteiger partial charge on any atom is 0.410 e. The molecule has 2 rings (SSSR count). The molecule has 110 valence electrons. The number of carbonyl (C=O) groups excluding carboxylic acids is 1. The molecule has 0 aliphatic carbocycles. The molecular formula is C15H20FNO2S. The van der Waals surface area contributed by atoms with Gasteiger partial charge in [-0.1, -0.05) is 0 Å². The van der Waals surface area contributed by atoms with Crippen LogP contribution in [0.5, 0.6) is 0 Å². The Labute approximate surface area is 123 Å². The number of rotatable bonds is 2. The number of hydrogen-bond acceptors (Lipinski definition) is 3. The summed E-state index contributed by atoms with van der Waals surface area (Å²) < 4.78 is 18.2. The third-order valence-electron chi connectivity index (χ3n) is 2.91. The average molecular weight is 297 g/mol. The number of amides is 1. The Balaban J connectivity index is 1.86. The largest absolute Gasteiger partial charge is 0.444 e. The van der Waals surface area contributed by atoms with Crippen molar-refractivity contribution < 1.29 is 13.9 Å². The highest BCUT2D eigenvalue weighted by atomic mass is 32.2. The number of ether oxygens (including phenoxy) is 1. The van der Waals surface area contributed by atoms with Crippen LogP contribution in [0.2, 0.25) is 0 Å². The highest BCUT2D eigenvalue weighted by Gasteiger charge is 2.30. The lowest BCUT2D eigenvalue weighted by molar-refractivity contribution is 0.0295. The smallest absolute Gasteiger partial charge is 0.410 e. The predicted molar refractivity (Wildman–Crippen MR) is 78.5 cm³/mol. The van der Waals surface area contributed by atoms with Crippen molar-refractivity contribution in [3.63, 3.8) is 0 Å². The van der Waals surface area contributed by atoms with E-state index in [1.165, 1.54) is 12.1 Å². The summed E-state index contributed by atoms with van der Waals surface area (Å²) in [6.07, 6.45) is 0.682. The van der Waals surface area contributed by atoms with E-state index in [2.05, 4.69) is 0 Å². The van der Waals surface area contributed by atoms with Gasteiger partial charge < -0.3 is 9.64 Å². The van der Waals surface area contributed by atoms with Crippen LogP contribution in [0.1, 0.15) is 27.2 Å². The fourth-order valence-corrected chi connectivity index (χ4v) is 3.18. The van der Waals surface area contributed by atoms with E-state index < -0.39 is 5.60 Å². The van der Waals surface area contributed by atoms with Crippen LogP contribution < -0.4 is 0 Å². The molecule has 3 nitrogen and oxygen atoms in total. The Bertz CT molecular complexity index is 470. The van der Waals surface area contributed by atoms with Gasteiger partial charge in [0.1, 0.15) is 11.4 Å². The minimum Gasteiger partial charge on any atom is -0.444 e. The van der Waals surface area contributed by atoms with E-state index in [1.807, 2.05) is 20.8 Å². The van der Waals surface area contributed by atoms with Gasteiger partial charge >= 0.3 is 6.09 Å². The standard InChI is InChI=1S/C15H20FNO2S/c1-15(2,3)19-14(18)17-9-8-13(10-17)20-12-6-4-11(16)5-7-12/h4-7,13H,8-10H2,1-3H3. The van der Waals surface area contributed by atoms with Crippen LogP contribution in [0.4, 0.5) is 9.18 Å². The molecule has 0 radical (unpaired) electrons. The number of halogens is 1. The molecule has 1 aliphatic rings. The summed E-state index contributed by atoms with van der Waals surface area (Å²) in [5.74, 6) is -0.226. The summed E-state index contributed by atoms with van der Waals surface area (Å²) >= 11 is 1.68. The zero-order valence-electron chi connectivity index (χ0n) is 12.1. The number of nitrogens with zero attached hydrogens (tertiary/aromatic N) is 1. The van der Waals surface area contributed by atoms with E-state index in [0.29, 0.717) is 18.3 Å². The van der Waals surface area contributed by atoms with Crippen molar-refractivity contribution >= 4 is 17.9 Å². The van der Waals surface area contributed by atoms with E-state index in [4.69, 9.17) is 4.74 Å². The second-order valence-corrected chi connectivity index (χ2v) is 7.28. The van der Waals surface area contributed by atoms with Gasteiger partial charge in [-0.2, -0.15) is 0 Å². The molecule has 0 saturated carbocycles. The van der Waals surface area contributed by atoms with Crippen molar-refractivity contribution in [1.82, 2.24) is 4.90 Å². The lowest BCUT2D eigenvalue weighted by Gasteiger charge is -2.24. The monoisotopic (exact) mass is 297 g/mol. The molecule has 5 heteroatoms. The second-order valence-electron chi connectivity index (χ2n) is 5.91. The molecule has 1 atom stereocenters. The Morgan fingerprint density at radius 1 is 1.35 bits per heavy atom. The molecule has 1 amide bonds. The number of thioether (sulfide) groups is 1. The van der Waals surface area contributed by atoms with Crippen LogP contribution >= 0.6 is 11.8 Å². The first-order chi connectivity index (χ1) is 9.33. The first kappa shape index (κ1) is 15.2. The van der Waals surface area contributed by atoms with Gasteiger partial charge in [-0.15, -0.1) is 11.8 Å². The van der Waals surface area contributed by atoms with Gasteiger partial charge in [0.05, 0.1) is 0 Å². The van der Waals surface area contributed by atoms with Gasteiger partial charge in [0.15, 0.2) is 0 Å². The van der Waals surface area contributed by atoms with Gasteiger partial charge in [-0.05, 0) is 51.5 Å². The predicted octanol–water partition coefficient (Wildman–Crippen LogP) is 3.93. The summed E-state index contributed by atoms with van der Waals surface area (Å²) in [4.78, 5) is 14.7. The SMILES string of the molecule is CC(C)(C)OC(=O)N1CCC(Sc2ccc(F)cc2)C1. The third kappa shape index (κ3) is 4.40. The lowest BCUT2D eigenvalue weighted by atomic mass is 10.2. The minimum atomic E-state index is -0.459. The molecule has 1 aromatic rings. The van der Waals surface area contributed by atoms with E-state index in [0.717, 1.165) is 11.3 Å². The molecule has 1 fully saturated rings. The summed E-state index contributed by atoms with van der Waals surface area (Å²) in [5.41, 5.74) is -0.459. The highest BCUT2D eigenvalue weighted by molar-refractivity contribution is 8.00. The van der Waals surface area contributed by atoms with Crippen LogP contribution in [0, 0.1) is 5.82 Å². The molecule has 1 saturated heterocycles. The van der Waals surface area contributed by atoms with Crippen molar-refractivity contribution in [3.05, 3.63) is 30.1 Å². The first-order valence-electron chi connectivity index (χ1n) is 6.74. The minimum absolute atomic E-state index is 0.226. The lowest BCUT2D eigenvalue weighted by Crippen LogP contribution is -2.35. The van der Waals surface area contributed by atoms with Gasteiger partial charge in [0.2, 0.25) is 0 Å². The fourth-order valence-electron chi connectivity index (χ4n) is 2.02. The van der Waals surface area contributed by atoms with Gasteiger partial charge in [0.25, 0.3) is 0 Å². The average Bonchev–Trinajstić information content (AvgIpc) is 2.79. The topological polar surface area (TPSA) is 29.5 Å². The number of carbonyl (C=O) groups is 1. The summed E-state index contributed by atoms with van der Waals surface area (Å²) in [7, 11) is 0. The third-order valence-corrected chi connectivity index (χ3v) is 4.18. The Morgan fingerprint density at radius 3 is 2.60 bits per heavy atom. The van der Waals surface area contributed by atoms with Crippen molar-refractivity contribution in [2.75, 3.05) is 13.1 Å². The van der Waals surface area contributed by atoms with E-state index in [-0.39, 0.29) is 11.9 Å². The molecule has 1 heterocycles.